The van der Waals surface area contributed by atoms with Crippen LogP contribution in [0.5, 0.6) is 5.75 Å². The molecule has 186 valence electrons. The molecule has 35 heavy (non-hydrogen) atoms. The fourth-order valence-corrected chi connectivity index (χ4v) is 3.32. The second kappa shape index (κ2) is 13.6. The molecular weight excluding hydrogens is 452 g/mol. The second-order valence-electron chi connectivity index (χ2n) is 7.94. The Bertz CT molecular complexity index is 1030. The van der Waals surface area contributed by atoms with E-state index in [-0.39, 0.29) is 25.5 Å². The second-order valence-corrected chi connectivity index (χ2v) is 7.94. The smallest absolute Gasteiger partial charge is 0.408 e. The minimum absolute atomic E-state index is 0.0466. The molecule has 1 heterocycles. The van der Waals surface area contributed by atoms with Crippen LogP contribution in [0, 0.1) is 0 Å². The van der Waals surface area contributed by atoms with Crippen LogP contribution in [0.25, 0.3) is 0 Å². The molecule has 10 heteroatoms. The molecule has 1 aliphatic heterocycles. The Kier molecular flexibility index (Phi) is 9.91. The molecule has 0 aliphatic carbocycles. The fourth-order valence-electron chi connectivity index (χ4n) is 3.32. The Morgan fingerprint density at radius 3 is 2.63 bits per heavy atom. The molecule has 0 unspecified atom stereocenters. The minimum Gasteiger partial charge on any atom is -0.493 e. The normalized spacial score (nSPS) is 13.5. The molecule has 0 bridgehead atoms. The van der Waals surface area contributed by atoms with E-state index in [2.05, 4.69) is 20.9 Å². The number of nitrogens with one attached hydrogen (secondary N) is 3. The Morgan fingerprint density at radius 1 is 1.09 bits per heavy atom. The van der Waals surface area contributed by atoms with Gasteiger partial charge in [-0.1, -0.05) is 42.5 Å². The Morgan fingerprint density at radius 2 is 1.89 bits per heavy atom. The molecule has 3 rings (SSSR count). The maximum atomic E-state index is 12.1. The van der Waals surface area contributed by atoms with Gasteiger partial charge in [0, 0.05) is 25.9 Å². The predicted octanol–water partition coefficient (Wildman–Crippen LogP) is 2.23. The first-order valence-corrected chi connectivity index (χ1v) is 11.5. The van der Waals surface area contributed by atoms with E-state index in [4.69, 9.17) is 9.47 Å². The number of ether oxygens (including phenoxy) is 2. The summed E-state index contributed by atoms with van der Waals surface area (Å²) < 4.78 is 10.8. The first kappa shape index (κ1) is 25.5. The average molecular weight is 483 g/mol. The first-order valence-electron chi connectivity index (χ1n) is 11.5. The first-order chi connectivity index (χ1) is 17.0. The maximum absolute atomic E-state index is 12.1. The van der Waals surface area contributed by atoms with Crippen LogP contribution >= 0.6 is 0 Å². The van der Waals surface area contributed by atoms with Crippen molar-refractivity contribution in [2.75, 3.05) is 19.7 Å². The molecule has 10 nitrogen and oxygen atoms in total. The molecule has 0 radical (unpaired) electrons. The summed E-state index contributed by atoms with van der Waals surface area (Å²) in [7, 11) is 0. The number of carboxylic acid groups (broad SMARTS) is 1. The highest BCUT2D eigenvalue weighted by molar-refractivity contribution is 5.97. The van der Waals surface area contributed by atoms with E-state index < -0.39 is 18.1 Å². The summed E-state index contributed by atoms with van der Waals surface area (Å²) in [4.78, 5) is 39.9. The van der Waals surface area contributed by atoms with Crippen molar-refractivity contribution in [1.82, 2.24) is 16.0 Å². The van der Waals surface area contributed by atoms with Crippen molar-refractivity contribution in [3.05, 3.63) is 65.7 Å². The van der Waals surface area contributed by atoms with Crippen LogP contribution in [0.2, 0.25) is 0 Å². The van der Waals surface area contributed by atoms with E-state index in [1.54, 1.807) is 24.3 Å². The van der Waals surface area contributed by atoms with Gasteiger partial charge in [-0.25, -0.2) is 9.59 Å². The van der Waals surface area contributed by atoms with Crippen LogP contribution < -0.4 is 20.7 Å². The number of hydrogen-bond acceptors (Lipinski definition) is 7. The lowest BCUT2D eigenvalue weighted by atomic mass is 10.1. The number of nitrogens with zero attached hydrogens (tertiary/aromatic N) is 1. The van der Waals surface area contributed by atoms with Crippen molar-refractivity contribution in [3.63, 3.8) is 0 Å². The van der Waals surface area contributed by atoms with Gasteiger partial charge in [-0.2, -0.15) is 0 Å². The molecule has 1 atom stereocenters. The van der Waals surface area contributed by atoms with Gasteiger partial charge in [0.2, 0.25) is 5.91 Å². The van der Waals surface area contributed by atoms with Crippen molar-refractivity contribution in [2.24, 2.45) is 4.99 Å². The molecule has 0 aromatic heterocycles. The van der Waals surface area contributed by atoms with Crippen LogP contribution in [0.4, 0.5) is 4.79 Å². The van der Waals surface area contributed by atoms with Crippen LogP contribution in [-0.4, -0.2) is 54.8 Å². The lowest BCUT2D eigenvalue weighted by Gasteiger charge is -2.16. The summed E-state index contributed by atoms with van der Waals surface area (Å²) >= 11 is 0. The third-order valence-electron chi connectivity index (χ3n) is 5.17. The fraction of sp³-hybridized carbons (Fsp3) is 0.360. The number of benzene rings is 2. The number of carbonyl (C=O) groups excluding carboxylic acids is 2. The number of carboxylic acids is 1. The molecule has 2 aromatic rings. The quantitative estimate of drug-likeness (QED) is 0.385. The number of hydrogen-bond donors (Lipinski definition) is 4. The van der Waals surface area contributed by atoms with Gasteiger partial charge >= 0.3 is 12.1 Å². The van der Waals surface area contributed by atoms with Gasteiger partial charge in [0.05, 0.1) is 6.61 Å². The summed E-state index contributed by atoms with van der Waals surface area (Å²) in [6.07, 6.45) is 1.00. The van der Waals surface area contributed by atoms with Crippen molar-refractivity contribution >= 4 is 23.9 Å². The monoisotopic (exact) mass is 482 g/mol. The summed E-state index contributed by atoms with van der Waals surface area (Å²) in [5.74, 6) is -0.234. The topological polar surface area (TPSA) is 138 Å². The van der Waals surface area contributed by atoms with E-state index in [1.807, 2.05) is 30.3 Å². The SMILES string of the molecule is O=C(CCc1cccc(OCC[C@H](NC(=O)OCc2ccccc2)C(=O)O)c1)NC1=NCCCN1. The van der Waals surface area contributed by atoms with Crippen molar-refractivity contribution in [2.45, 2.75) is 38.3 Å². The van der Waals surface area contributed by atoms with E-state index in [1.165, 1.54) is 0 Å². The zero-order valence-corrected chi connectivity index (χ0v) is 19.4. The van der Waals surface area contributed by atoms with Crippen LogP contribution in [0.15, 0.2) is 59.6 Å². The molecule has 2 aromatic carbocycles. The zero-order valence-electron chi connectivity index (χ0n) is 19.4. The van der Waals surface area contributed by atoms with Crippen molar-refractivity contribution in [1.29, 1.82) is 0 Å². The molecular formula is C25H30N4O6. The number of aryl methyl sites for hydroxylation is 1. The number of amides is 2. The number of guanidine groups is 1. The van der Waals surface area contributed by atoms with Gasteiger partial charge in [0.15, 0.2) is 5.96 Å². The van der Waals surface area contributed by atoms with E-state index in [0.717, 1.165) is 24.1 Å². The zero-order chi connectivity index (χ0) is 24.9. The predicted molar refractivity (Wildman–Crippen MR) is 129 cm³/mol. The van der Waals surface area contributed by atoms with Crippen LogP contribution in [0.1, 0.15) is 30.4 Å². The van der Waals surface area contributed by atoms with Gasteiger partial charge in [-0.05, 0) is 36.1 Å². The van der Waals surface area contributed by atoms with Crippen molar-refractivity contribution in [3.8, 4) is 5.75 Å². The highest BCUT2D eigenvalue weighted by Crippen LogP contribution is 2.15. The molecule has 1 aliphatic rings. The summed E-state index contributed by atoms with van der Waals surface area (Å²) in [6, 6.07) is 15.2. The summed E-state index contributed by atoms with van der Waals surface area (Å²) in [5.41, 5.74) is 1.71. The standard InChI is InChI=1S/C25H30N4O6/c30-22(29-24-26-13-5-14-27-24)11-10-18-8-4-9-20(16-18)34-15-12-21(23(31)32)28-25(33)35-17-19-6-2-1-3-7-19/h1-4,6-9,16,21H,5,10-15,17H2,(H,28,33)(H,31,32)(H2,26,27,29,30)/t21-/m0/s1. The van der Waals surface area contributed by atoms with Gasteiger partial charge in [-0.3, -0.25) is 15.1 Å². The Balaban J connectivity index is 1.40. The van der Waals surface area contributed by atoms with Crippen LogP contribution in [-0.2, 0) is 27.4 Å². The third kappa shape index (κ3) is 9.36. The maximum Gasteiger partial charge on any atom is 0.408 e. The lowest BCUT2D eigenvalue weighted by Crippen LogP contribution is -2.43. The van der Waals surface area contributed by atoms with Crippen molar-refractivity contribution < 1.29 is 29.0 Å². The number of alkyl carbamates (subject to hydrolysis) is 1. The average Bonchev–Trinajstić information content (AvgIpc) is 2.87. The summed E-state index contributed by atoms with van der Waals surface area (Å²) in [6.45, 7) is 1.62. The molecule has 0 fully saturated rings. The van der Waals surface area contributed by atoms with Crippen LogP contribution in [0.3, 0.4) is 0 Å². The van der Waals surface area contributed by atoms with E-state index >= 15 is 0 Å². The molecule has 0 spiro atoms. The third-order valence-corrected chi connectivity index (χ3v) is 5.17. The van der Waals surface area contributed by atoms with Gasteiger partial charge in [-0.15, -0.1) is 0 Å². The largest absolute Gasteiger partial charge is 0.493 e. The lowest BCUT2D eigenvalue weighted by molar-refractivity contribution is -0.139. The Hall–Kier alpha value is -4.08. The number of aliphatic imine (C=N–C) groups is 1. The van der Waals surface area contributed by atoms with Gasteiger partial charge in [0.1, 0.15) is 18.4 Å². The van der Waals surface area contributed by atoms with Gasteiger partial charge in [0.25, 0.3) is 0 Å². The number of carbonyl (C=O) groups is 3. The molecule has 4 N–H and O–H groups in total. The Labute approximate surface area is 203 Å². The highest BCUT2D eigenvalue weighted by Gasteiger charge is 2.21. The molecule has 0 saturated heterocycles. The number of aliphatic carboxylic acids is 1. The molecule has 0 saturated carbocycles. The highest BCUT2D eigenvalue weighted by atomic mass is 16.5. The van der Waals surface area contributed by atoms with Gasteiger partial charge < -0.3 is 25.2 Å². The minimum atomic E-state index is -1.18. The number of rotatable bonds is 11. The van der Waals surface area contributed by atoms with E-state index in [9.17, 15) is 19.5 Å². The summed E-state index contributed by atoms with van der Waals surface area (Å²) in [5, 5.41) is 17.6. The van der Waals surface area contributed by atoms with E-state index in [0.29, 0.717) is 31.1 Å². The molecule has 2 amide bonds.